The van der Waals surface area contributed by atoms with Crippen LogP contribution in [0.25, 0.3) is 21.1 Å². The highest BCUT2D eigenvalue weighted by molar-refractivity contribution is 7.18. The molecule has 4 heterocycles. The van der Waals surface area contributed by atoms with Gasteiger partial charge < -0.3 is 9.57 Å². The molecule has 3 aromatic rings. The fourth-order valence-corrected chi connectivity index (χ4v) is 3.85. The fraction of sp³-hybridized carbons (Fsp3) is 0.300. The zero-order chi connectivity index (χ0) is 18.6. The van der Waals surface area contributed by atoms with Crippen molar-refractivity contribution in [1.29, 1.82) is 0 Å². The van der Waals surface area contributed by atoms with Crippen LogP contribution in [0.15, 0.2) is 41.8 Å². The monoisotopic (exact) mass is 380 g/mol. The minimum absolute atomic E-state index is 0.590. The Bertz CT molecular complexity index is 969. The number of rotatable bonds is 5. The summed E-state index contributed by atoms with van der Waals surface area (Å²) < 4.78 is 5.74. The van der Waals surface area contributed by atoms with Gasteiger partial charge in [-0.1, -0.05) is 12.1 Å². The molecule has 4 rings (SSSR count). The summed E-state index contributed by atoms with van der Waals surface area (Å²) in [5.41, 5.74) is 4.41. The highest BCUT2D eigenvalue weighted by atomic mass is 32.1. The molecule has 0 aromatic carbocycles. The van der Waals surface area contributed by atoms with Gasteiger partial charge in [-0.15, -0.1) is 11.3 Å². The van der Waals surface area contributed by atoms with E-state index in [1.54, 1.807) is 17.5 Å². The number of oxime groups is 1. The van der Waals surface area contributed by atoms with Crippen LogP contribution in [0.3, 0.4) is 0 Å². The van der Waals surface area contributed by atoms with Crippen LogP contribution in [0.4, 0.5) is 0 Å². The molecule has 0 amide bonds. The van der Waals surface area contributed by atoms with E-state index in [4.69, 9.17) is 19.5 Å². The van der Waals surface area contributed by atoms with E-state index in [1.165, 1.54) is 0 Å². The number of pyridine rings is 2. The number of ether oxygens (including phenoxy) is 1. The zero-order valence-corrected chi connectivity index (χ0v) is 16.1. The standard InChI is InChI=1S/C20H20N4O2S/c1-3-10-26-24-15-8-11-25-17-7-6-16(23-18(15)17)19-13(2)22-20(27-19)14-5-4-9-21-12-14/h4-7,9,12H,3,8,10-11H2,1-2H3. The Hall–Kier alpha value is -2.80. The second-order valence-electron chi connectivity index (χ2n) is 6.19. The number of nitrogens with zero attached hydrogens (tertiary/aromatic N) is 4. The molecule has 0 atom stereocenters. The highest BCUT2D eigenvalue weighted by Crippen LogP contribution is 2.36. The van der Waals surface area contributed by atoms with Crippen LogP contribution >= 0.6 is 11.3 Å². The molecule has 6 nitrogen and oxygen atoms in total. The fourth-order valence-electron chi connectivity index (χ4n) is 2.82. The number of aromatic nitrogens is 3. The number of fused-ring (bicyclic) bond motifs is 1. The first-order chi connectivity index (χ1) is 13.3. The van der Waals surface area contributed by atoms with Crippen LogP contribution in [-0.2, 0) is 4.84 Å². The molecule has 27 heavy (non-hydrogen) atoms. The van der Waals surface area contributed by atoms with Gasteiger partial charge in [0.2, 0.25) is 0 Å². The second-order valence-corrected chi connectivity index (χ2v) is 7.19. The third kappa shape index (κ3) is 3.68. The van der Waals surface area contributed by atoms with E-state index in [-0.39, 0.29) is 0 Å². The van der Waals surface area contributed by atoms with Gasteiger partial charge in [-0.05, 0) is 37.6 Å². The zero-order valence-electron chi connectivity index (χ0n) is 15.3. The van der Waals surface area contributed by atoms with Crippen LogP contribution in [0, 0.1) is 6.92 Å². The van der Waals surface area contributed by atoms with Crippen LogP contribution < -0.4 is 4.74 Å². The lowest BCUT2D eigenvalue weighted by Crippen LogP contribution is -2.18. The molecule has 7 heteroatoms. The molecule has 0 radical (unpaired) electrons. The van der Waals surface area contributed by atoms with Crippen molar-refractivity contribution in [2.75, 3.05) is 13.2 Å². The van der Waals surface area contributed by atoms with E-state index in [9.17, 15) is 0 Å². The number of hydrogen-bond donors (Lipinski definition) is 0. The van der Waals surface area contributed by atoms with E-state index in [1.807, 2.05) is 37.4 Å². The molecular weight excluding hydrogens is 360 g/mol. The molecule has 0 fully saturated rings. The van der Waals surface area contributed by atoms with Gasteiger partial charge in [0.15, 0.2) is 0 Å². The van der Waals surface area contributed by atoms with Crippen molar-refractivity contribution in [2.24, 2.45) is 5.16 Å². The van der Waals surface area contributed by atoms with E-state index in [2.05, 4.69) is 17.1 Å². The summed E-state index contributed by atoms with van der Waals surface area (Å²) in [6.45, 7) is 5.25. The molecule has 0 N–H and O–H groups in total. The predicted molar refractivity (Wildman–Crippen MR) is 106 cm³/mol. The van der Waals surface area contributed by atoms with Crippen molar-refractivity contribution in [3.8, 4) is 26.9 Å². The molecule has 0 unspecified atom stereocenters. The van der Waals surface area contributed by atoms with Crippen LogP contribution in [0.5, 0.6) is 5.75 Å². The van der Waals surface area contributed by atoms with Gasteiger partial charge in [0.25, 0.3) is 0 Å². The summed E-state index contributed by atoms with van der Waals surface area (Å²) >= 11 is 1.61. The first kappa shape index (κ1) is 17.6. The van der Waals surface area contributed by atoms with Crippen LogP contribution in [0.2, 0.25) is 0 Å². The van der Waals surface area contributed by atoms with Crippen molar-refractivity contribution < 1.29 is 9.57 Å². The summed E-state index contributed by atoms with van der Waals surface area (Å²) in [4.78, 5) is 20.1. The number of thiazole rings is 1. The lowest BCUT2D eigenvalue weighted by atomic mass is 10.1. The minimum atomic E-state index is 0.590. The van der Waals surface area contributed by atoms with Crippen molar-refractivity contribution in [2.45, 2.75) is 26.7 Å². The predicted octanol–water partition coefficient (Wildman–Crippen LogP) is 4.49. The van der Waals surface area contributed by atoms with Gasteiger partial charge in [0, 0.05) is 24.4 Å². The minimum Gasteiger partial charge on any atom is -0.491 e. The average Bonchev–Trinajstić information content (AvgIpc) is 3.10. The largest absolute Gasteiger partial charge is 0.491 e. The lowest BCUT2D eigenvalue weighted by molar-refractivity contribution is 0.143. The topological polar surface area (TPSA) is 69.5 Å². The van der Waals surface area contributed by atoms with Crippen molar-refractivity contribution >= 4 is 17.0 Å². The second kappa shape index (κ2) is 7.84. The number of aryl methyl sites for hydroxylation is 1. The maximum atomic E-state index is 5.74. The van der Waals surface area contributed by atoms with Gasteiger partial charge in [-0.25, -0.2) is 9.97 Å². The quantitative estimate of drug-likeness (QED) is 0.482. The third-order valence-electron chi connectivity index (χ3n) is 4.14. The van der Waals surface area contributed by atoms with Crippen molar-refractivity contribution in [1.82, 2.24) is 15.0 Å². The molecule has 3 aromatic heterocycles. The lowest BCUT2D eigenvalue weighted by Gasteiger charge is -2.18. The molecule has 0 aliphatic carbocycles. The molecule has 0 saturated heterocycles. The number of hydrogen-bond acceptors (Lipinski definition) is 7. The average molecular weight is 380 g/mol. The third-order valence-corrected chi connectivity index (χ3v) is 5.36. The molecule has 1 aliphatic rings. The Labute approximate surface area is 161 Å². The van der Waals surface area contributed by atoms with Gasteiger partial charge >= 0.3 is 0 Å². The normalized spacial score (nSPS) is 14.7. The van der Waals surface area contributed by atoms with Crippen molar-refractivity contribution in [3.63, 3.8) is 0 Å². The molecule has 0 bridgehead atoms. The van der Waals surface area contributed by atoms with Crippen LogP contribution in [-0.4, -0.2) is 33.9 Å². The first-order valence-corrected chi connectivity index (χ1v) is 9.79. The Morgan fingerprint density at radius 3 is 3.00 bits per heavy atom. The van der Waals surface area contributed by atoms with E-state index < -0.39 is 0 Å². The van der Waals surface area contributed by atoms with E-state index in [0.29, 0.717) is 19.6 Å². The summed E-state index contributed by atoms with van der Waals surface area (Å²) in [5, 5.41) is 5.21. The van der Waals surface area contributed by atoms with Gasteiger partial charge in [-0.3, -0.25) is 4.98 Å². The summed E-state index contributed by atoms with van der Waals surface area (Å²) in [5.74, 6) is 0.749. The molecular formula is C20H20N4O2S. The Morgan fingerprint density at radius 2 is 2.19 bits per heavy atom. The highest BCUT2D eigenvalue weighted by Gasteiger charge is 2.22. The molecule has 0 saturated carbocycles. The van der Waals surface area contributed by atoms with E-state index in [0.717, 1.165) is 50.4 Å². The van der Waals surface area contributed by atoms with Crippen molar-refractivity contribution in [3.05, 3.63) is 48.0 Å². The Morgan fingerprint density at radius 1 is 1.26 bits per heavy atom. The molecule has 138 valence electrons. The first-order valence-electron chi connectivity index (χ1n) is 8.97. The SMILES string of the molecule is CCCON=C1CCOc2ccc(-c3sc(-c4cccnc4)nc3C)nc21. The van der Waals surface area contributed by atoms with E-state index >= 15 is 0 Å². The Balaban J connectivity index is 1.71. The van der Waals surface area contributed by atoms with Gasteiger partial charge in [-0.2, -0.15) is 0 Å². The van der Waals surface area contributed by atoms with Gasteiger partial charge in [0.1, 0.15) is 28.8 Å². The smallest absolute Gasteiger partial charge is 0.147 e. The Kier molecular flexibility index (Phi) is 5.11. The molecule has 1 aliphatic heterocycles. The summed E-state index contributed by atoms with van der Waals surface area (Å²) in [6, 6.07) is 7.86. The maximum absolute atomic E-state index is 5.74. The van der Waals surface area contributed by atoms with Crippen LogP contribution in [0.1, 0.15) is 31.2 Å². The summed E-state index contributed by atoms with van der Waals surface area (Å²) in [6.07, 6.45) is 5.20. The molecule has 0 spiro atoms. The van der Waals surface area contributed by atoms with Gasteiger partial charge in [0.05, 0.1) is 22.9 Å². The maximum Gasteiger partial charge on any atom is 0.147 e. The summed E-state index contributed by atoms with van der Waals surface area (Å²) in [7, 11) is 0.